The van der Waals surface area contributed by atoms with Crippen molar-refractivity contribution in [3.8, 4) is 33.6 Å². The number of carbonyl (C=O) groups excluding carboxylic acids is 7. The van der Waals surface area contributed by atoms with Gasteiger partial charge in [0.2, 0.25) is 17.7 Å². The van der Waals surface area contributed by atoms with E-state index in [0.29, 0.717) is 31.3 Å². The number of amides is 5. The van der Waals surface area contributed by atoms with Gasteiger partial charge in [-0.3, -0.25) is 33.9 Å². The van der Waals surface area contributed by atoms with E-state index in [1.165, 1.54) is 28.3 Å². The molecule has 0 saturated carbocycles. The zero-order valence-corrected chi connectivity index (χ0v) is 52.5. The maximum absolute atomic E-state index is 13.8. The number of hydrogen-bond acceptors (Lipinski definition) is 14. The van der Waals surface area contributed by atoms with Crippen LogP contribution in [0.15, 0.2) is 101 Å². The summed E-state index contributed by atoms with van der Waals surface area (Å²) in [4.78, 5) is 117. The molecule has 0 aliphatic carbocycles. The highest BCUT2D eigenvalue weighted by Crippen LogP contribution is 2.38. The van der Waals surface area contributed by atoms with Gasteiger partial charge in [0.15, 0.2) is 0 Å². The summed E-state index contributed by atoms with van der Waals surface area (Å²) in [6, 6.07) is 22.0. The van der Waals surface area contributed by atoms with Crippen molar-refractivity contribution >= 4 is 69.0 Å². The van der Waals surface area contributed by atoms with Crippen LogP contribution in [-0.4, -0.2) is 160 Å². The van der Waals surface area contributed by atoms with Crippen molar-refractivity contribution in [1.29, 1.82) is 0 Å². The normalized spacial score (nSPS) is 19.6. The maximum Gasteiger partial charge on any atom is 0.407 e. The summed E-state index contributed by atoms with van der Waals surface area (Å²) in [7, 11) is 5.90. The molecule has 0 spiro atoms. The molecular weight excluding hydrogens is 1160 g/mol. The summed E-state index contributed by atoms with van der Waals surface area (Å²) in [6.07, 6.45) is 7.19. The van der Waals surface area contributed by atoms with Gasteiger partial charge in [0.05, 0.1) is 87.9 Å². The van der Waals surface area contributed by atoms with E-state index in [0.717, 1.165) is 80.9 Å². The van der Waals surface area contributed by atoms with Crippen LogP contribution in [0.2, 0.25) is 0 Å². The summed E-state index contributed by atoms with van der Waals surface area (Å²) >= 11 is 3.46. The van der Waals surface area contributed by atoms with Crippen LogP contribution < -0.4 is 10.6 Å². The predicted octanol–water partition coefficient (Wildman–Crippen LogP) is 9.61. The van der Waals surface area contributed by atoms with Crippen LogP contribution in [0.25, 0.3) is 39.3 Å². The fraction of sp³-hybridized carbons (Fsp3) is 0.469. The molecule has 5 aromatic rings. The Hall–Kier alpha value is -7.98. The molecular formula is C64H80BrN11O10. The van der Waals surface area contributed by atoms with Crippen molar-refractivity contribution in [1.82, 2.24) is 50.2 Å². The number of likely N-dealkylation sites (N-methyl/N-ethyl adjacent to an activating group) is 1. The summed E-state index contributed by atoms with van der Waals surface area (Å²) in [6.45, 7) is 15.1. The molecule has 5 amide bonds. The number of hydrogen-bond donors (Lipinski definition) is 4. The minimum atomic E-state index is -0.819. The highest BCUT2D eigenvalue weighted by molar-refractivity contribution is 9.10. The quantitative estimate of drug-likeness (QED) is 0.0471. The van der Waals surface area contributed by atoms with E-state index in [4.69, 9.17) is 19.2 Å². The fourth-order valence-corrected chi connectivity index (χ4v) is 11.8. The Balaban J connectivity index is 0.000000277. The zero-order valence-electron chi connectivity index (χ0n) is 50.9. The number of nitrogens with one attached hydrogen (secondary N) is 4. The Morgan fingerprint density at radius 3 is 1.64 bits per heavy atom. The number of aromatic nitrogens is 4. The predicted molar refractivity (Wildman–Crippen MR) is 330 cm³/mol. The van der Waals surface area contributed by atoms with Crippen LogP contribution in [0.1, 0.15) is 110 Å². The molecule has 4 aliphatic heterocycles. The standard InChI is InChI=1S/C42H52N8O7.C22H28BrN3O3/c1-23(2)35(47-41(54)56-6)39(52)49-18-8-9-33(49)37-43-20-31(45-37)28-14-10-26(11-15-28)27-12-16-29(17-13-27)32-21-44-38(46-32)34-19-30(25(5)51)22-50(34)40(53)36(24(3)4)48-42(55)57-7;1-14(2)17(11-21(27)29-4)22(28)26-13-25(3)12-20(26)19-10-9-18(24-19)15-5-7-16(23)8-6-15/h10-17,20-21,23-24,30,33-36H,8-9,18-19,22H2,1-7H3,(H,43,45)(H,44,46)(H,47,54)(H,48,55);5-9,14,17,20H,10-13H2,1-4H3/t30?,33-,34-,35-,36-;17-,20-/m00/s1. The number of alkyl carbamates (subject to hydrolysis) is 2. The number of rotatable bonds is 18. The number of nitrogens with zero attached hydrogens (tertiary/aromatic N) is 7. The van der Waals surface area contributed by atoms with Crippen LogP contribution in [0, 0.1) is 29.6 Å². The molecule has 3 aromatic carbocycles. The number of aliphatic imine (C=N–C) groups is 1. The molecule has 22 heteroatoms. The van der Waals surface area contributed by atoms with Gasteiger partial charge in [-0.05, 0) is 90.9 Å². The minimum Gasteiger partial charge on any atom is -0.469 e. The number of Topliss-reactive ketones (excluding diaryl/α,β-unsaturated/α-hetero) is 1. The first-order chi connectivity index (χ1) is 41.1. The van der Waals surface area contributed by atoms with Crippen molar-refractivity contribution < 1.29 is 47.8 Å². The number of aromatic amines is 2. The van der Waals surface area contributed by atoms with Crippen LogP contribution in [0.5, 0.6) is 0 Å². The van der Waals surface area contributed by atoms with Crippen LogP contribution >= 0.6 is 15.9 Å². The van der Waals surface area contributed by atoms with E-state index in [-0.39, 0.29) is 78.2 Å². The molecule has 86 heavy (non-hydrogen) atoms. The van der Waals surface area contributed by atoms with E-state index in [1.54, 1.807) is 22.2 Å². The fourth-order valence-electron chi connectivity index (χ4n) is 11.6. The van der Waals surface area contributed by atoms with Crippen molar-refractivity contribution in [2.45, 2.75) is 111 Å². The van der Waals surface area contributed by atoms with Crippen molar-refractivity contribution in [2.24, 2.45) is 34.6 Å². The summed E-state index contributed by atoms with van der Waals surface area (Å²) in [5, 5.41) is 5.34. The van der Waals surface area contributed by atoms with Gasteiger partial charge in [-0.25, -0.2) is 19.6 Å². The number of ketones is 1. The SMILES string of the molecule is COC(=O)C[C@H](C(=O)N1CN(C)C[C@H]1C1=NC(c2ccc(Br)cc2)=CC1)C(C)C.COC(=O)N[C@H](C(=O)N1CCC[C@H]1c1ncc(-c2ccc(-c3ccc(-c4cnc([C@@H]5CC(C(C)=O)CN5C(=O)[C@@H](NC(=O)OC)C(C)C)[nH]4)cc3)cc2)[nH]1)C(C)C. The summed E-state index contributed by atoms with van der Waals surface area (Å²) < 4.78 is 15.3. The lowest BCUT2D eigenvalue weighted by Gasteiger charge is -2.30. The van der Waals surface area contributed by atoms with Gasteiger partial charge < -0.3 is 49.5 Å². The average molecular weight is 1240 g/mol. The minimum absolute atomic E-state index is 0.000424. The largest absolute Gasteiger partial charge is 0.469 e. The van der Waals surface area contributed by atoms with E-state index in [1.807, 2.05) is 126 Å². The van der Waals surface area contributed by atoms with Gasteiger partial charge in [-0.2, -0.15) is 0 Å². The molecule has 458 valence electrons. The first kappa shape index (κ1) is 64.0. The molecule has 3 saturated heterocycles. The lowest BCUT2D eigenvalue weighted by molar-refractivity contribution is -0.148. The van der Waals surface area contributed by atoms with Gasteiger partial charge >= 0.3 is 18.2 Å². The van der Waals surface area contributed by atoms with E-state index in [9.17, 15) is 33.6 Å². The number of esters is 1. The third-order valence-corrected chi connectivity index (χ3v) is 17.1. The summed E-state index contributed by atoms with van der Waals surface area (Å²) in [5.41, 5.74) is 8.53. The van der Waals surface area contributed by atoms with Crippen LogP contribution in [0.3, 0.4) is 0 Å². The average Bonchev–Trinajstić information content (AvgIpc) is 2.81. The van der Waals surface area contributed by atoms with Gasteiger partial charge in [-0.15, -0.1) is 0 Å². The number of carbonyl (C=O) groups is 7. The number of halogens is 1. The number of imidazole rings is 2. The first-order valence-corrected chi connectivity index (χ1v) is 30.1. The second kappa shape index (κ2) is 28.5. The van der Waals surface area contributed by atoms with Crippen LogP contribution in [-0.2, 0) is 38.2 Å². The van der Waals surface area contributed by atoms with Crippen molar-refractivity contribution in [2.75, 3.05) is 54.7 Å². The number of H-pyrrole nitrogens is 2. The first-order valence-electron chi connectivity index (χ1n) is 29.3. The molecule has 7 atom stereocenters. The Kier molecular flexibility index (Phi) is 21.2. The van der Waals surface area contributed by atoms with E-state index in [2.05, 4.69) is 57.5 Å². The highest BCUT2D eigenvalue weighted by Gasteiger charge is 2.44. The van der Waals surface area contributed by atoms with Crippen molar-refractivity contribution in [3.63, 3.8) is 0 Å². The van der Waals surface area contributed by atoms with Gasteiger partial charge in [0.25, 0.3) is 0 Å². The molecule has 0 radical (unpaired) electrons. The lowest BCUT2D eigenvalue weighted by Crippen LogP contribution is -2.51. The van der Waals surface area contributed by atoms with Gasteiger partial charge in [0.1, 0.15) is 29.5 Å². The molecule has 4 N–H and O–H groups in total. The molecule has 2 aromatic heterocycles. The Morgan fingerprint density at radius 1 is 0.628 bits per heavy atom. The molecule has 6 heterocycles. The molecule has 3 fully saturated rings. The third-order valence-electron chi connectivity index (χ3n) is 16.6. The smallest absolute Gasteiger partial charge is 0.407 e. The molecule has 9 rings (SSSR count). The second-order valence-corrected chi connectivity index (χ2v) is 24.4. The number of likely N-dealkylation sites (tertiary alicyclic amines) is 2. The van der Waals surface area contributed by atoms with Gasteiger partial charge in [-0.1, -0.05) is 124 Å². The third kappa shape index (κ3) is 15.0. The topological polar surface area (TPSA) is 254 Å². The van der Waals surface area contributed by atoms with Gasteiger partial charge in [0, 0.05) is 42.2 Å². The Bertz CT molecular complexity index is 3300. The monoisotopic (exact) mass is 1240 g/mol. The number of ether oxygens (including phenoxy) is 3. The number of allylic oxidation sites excluding steroid dienone is 1. The second-order valence-electron chi connectivity index (χ2n) is 23.5. The Labute approximate surface area is 511 Å². The molecule has 1 unspecified atom stereocenters. The lowest BCUT2D eigenvalue weighted by atomic mass is 9.90. The highest BCUT2D eigenvalue weighted by atomic mass is 79.9. The summed E-state index contributed by atoms with van der Waals surface area (Å²) in [5.74, 6) is -0.507. The van der Waals surface area contributed by atoms with E-state index < -0.39 is 36.2 Å². The molecule has 0 bridgehead atoms. The Morgan fingerprint density at radius 2 is 1.14 bits per heavy atom. The molecule has 4 aliphatic rings. The van der Waals surface area contributed by atoms with Crippen LogP contribution in [0.4, 0.5) is 9.59 Å². The number of methoxy groups -OCH3 is 3. The van der Waals surface area contributed by atoms with E-state index >= 15 is 0 Å². The molecule has 21 nitrogen and oxygen atoms in total. The number of benzene rings is 3. The maximum atomic E-state index is 13.8. The van der Waals surface area contributed by atoms with Crippen molar-refractivity contribution in [3.05, 3.63) is 113 Å². The zero-order chi connectivity index (χ0) is 62.1.